The molecule has 2 bridgehead atoms. The molecule has 7 aliphatic rings. The Hall–Kier alpha value is -4.53. The quantitative estimate of drug-likeness (QED) is 0.175. The molecule has 294 valence electrons. The van der Waals surface area contributed by atoms with Crippen LogP contribution in [0.1, 0.15) is 113 Å². The summed E-state index contributed by atoms with van der Waals surface area (Å²) < 4.78 is 0. The summed E-state index contributed by atoms with van der Waals surface area (Å²) >= 11 is 2.04. The maximum atomic E-state index is 2.61. The SMILES string of the molecule is CC1(C)CCC(C)(C)c2cc(N(c3ccc4c(c3)Sc3cc(-c5ccccc5)ccc3C43C4CC5CC6CC3C64C5)c3ccc4c(c3)C(C)(C)c3ccccc3-4)ccc21. The van der Waals surface area contributed by atoms with Crippen LogP contribution in [0.25, 0.3) is 22.3 Å². The first kappa shape index (κ1) is 35.2. The maximum Gasteiger partial charge on any atom is 0.0473 e. The Balaban J connectivity index is 1.01. The highest BCUT2D eigenvalue weighted by Crippen LogP contribution is 2.89. The van der Waals surface area contributed by atoms with Crippen molar-refractivity contribution in [3.8, 4) is 22.3 Å². The Morgan fingerprint density at radius 3 is 1.88 bits per heavy atom. The van der Waals surface area contributed by atoms with Crippen molar-refractivity contribution in [3.05, 3.63) is 161 Å². The predicted octanol–water partition coefficient (Wildman–Crippen LogP) is 15.3. The molecule has 6 aromatic rings. The number of fused-ring (bicyclic) bond motifs is 11. The van der Waals surface area contributed by atoms with Gasteiger partial charge in [-0.25, -0.2) is 0 Å². The predicted molar refractivity (Wildman–Crippen MR) is 246 cm³/mol. The normalized spacial score (nSPS) is 29.6. The third-order valence-electron chi connectivity index (χ3n) is 17.8. The van der Waals surface area contributed by atoms with Crippen molar-refractivity contribution in [2.75, 3.05) is 4.90 Å². The van der Waals surface area contributed by atoms with Gasteiger partial charge in [0.15, 0.2) is 0 Å². The zero-order chi connectivity index (χ0) is 39.8. The van der Waals surface area contributed by atoms with E-state index in [0.717, 1.165) is 23.7 Å². The third kappa shape index (κ3) is 4.35. The number of benzene rings is 6. The fourth-order valence-electron chi connectivity index (χ4n) is 15.1. The smallest absolute Gasteiger partial charge is 0.0473 e. The first-order valence-corrected chi connectivity index (χ1v) is 23.4. The summed E-state index contributed by atoms with van der Waals surface area (Å²) in [5.74, 6) is 3.44. The van der Waals surface area contributed by atoms with Gasteiger partial charge in [0.05, 0.1) is 0 Å². The van der Waals surface area contributed by atoms with Crippen LogP contribution in [0.15, 0.2) is 137 Å². The standard InChI is InChI=1S/C57H55NS/c1-53(2)24-25-54(3,4)48-31-39(18-22-44(48)53)58(38-17-20-42-41-14-10-11-15-43(41)55(5,6)47(42)30-38)40-19-23-46-50(32-40)59-49-28-36(35-12-8-7-9-13-35)16-21-45(49)57(46)51-27-34-26-37-29-52(57)56(37,51)33-34/h7-23,28,30-32,34,37,51-52H,24-27,29,33H2,1-6H3. The van der Waals surface area contributed by atoms with Gasteiger partial charge in [0.2, 0.25) is 0 Å². The summed E-state index contributed by atoms with van der Waals surface area (Å²) in [6.07, 6.45) is 8.24. The van der Waals surface area contributed by atoms with Crippen LogP contribution in [0.3, 0.4) is 0 Å². The van der Waals surface area contributed by atoms with E-state index >= 15 is 0 Å². The molecule has 0 N–H and O–H groups in total. The molecule has 0 radical (unpaired) electrons. The molecule has 0 saturated heterocycles. The number of anilines is 3. The molecule has 2 spiro atoms. The van der Waals surface area contributed by atoms with E-state index in [9.17, 15) is 0 Å². The summed E-state index contributed by atoms with van der Waals surface area (Å²) in [5, 5.41) is 0. The van der Waals surface area contributed by atoms with E-state index in [-0.39, 0.29) is 21.7 Å². The Kier molecular flexibility index (Phi) is 6.83. The van der Waals surface area contributed by atoms with Crippen molar-refractivity contribution in [3.63, 3.8) is 0 Å². The molecule has 1 aliphatic heterocycles. The van der Waals surface area contributed by atoms with E-state index in [4.69, 9.17) is 0 Å². The van der Waals surface area contributed by atoms with E-state index in [1.54, 1.807) is 11.1 Å². The molecule has 0 aromatic heterocycles. The van der Waals surface area contributed by atoms with Crippen molar-refractivity contribution in [2.45, 2.75) is 112 Å². The highest BCUT2D eigenvalue weighted by Gasteiger charge is 2.84. The van der Waals surface area contributed by atoms with Gasteiger partial charge in [-0.1, -0.05) is 138 Å². The average molecular weight is 786 g/mol. The van der Waals surface area contributed by atoms with Crippen LogP contribution >= 0.6 is 11.8 Å². The monoisotopic (exact) mass is 785 g/mol. The molecule has 1 nitrogen and oxygen atoms in total. The summed E-state index contributed by atoms with van der Waals surface area (Å²) in [5.41, 5.74) is 19.2. The summed E-state index contributed by atoms with van der Waals surface area (Å²) in [6.45, 7) is 14.6. The van der Waals surface area contributed by atoms with Crippen molar-refractivity contribution in [1.82, 2.24) is 0 Å². The lowest BCUT2D eigenvalue weighted by molar-refractivity contribution is -0.235. The number of nitrogens with zero attached hydrogens (tertiary/aromatic N) is 1. The number of rotatable bonds is 4. The molecule has 0 amide bonds. The molecule has 6 unspecified atom stereocenters. The van der Waals surface area contributed by atoms with E-state index in [0.29, 0.717) is 5.41 Å². The van der Waals surface area contributed by atoms with Crippen LogP contribution in [-0.4, -0.2) is 0 Å². The second-order valence-electron chi connectivity index (χ2n) is 21.7. The Morgan fingerprint density at radius 2 is 1.10 bits per heavy atom. The van der Waals surface area contributed by atoms with Gasteiger partial charge in [0, 0.05) is 37.7 Å². The lowest BCUT2D eigenvalue weighted by Crippen LogP contribution is -2.74. The van der Waals surface area contributed by atoms with Crippen LogP contribution in [0, 0.1) is 29.1 Å². The molecule has 4 fully saturated rings. The fourth-order valence-corrected chi connectivity index (χ4v) is 16.4. The third-order valence-corrected chi connectivity index (χ3v) is 19.0. The van der Waals surface area contributed by atoms with E-state index in [1.165, 1.54) is 110 Å². The van der Waals surface area contributed by atoms with Gasteiger partial charge >= 0.3 is 0 Å². The van der Waals surface area contributed by atoms with Gasteiger partial charge in [-0.2, -0.15) is 0 Å². The number of hydrogen-bond donors (Lipinski definition) is 0. The minimum absolute atomic E-state index is 0.0742. The van der Waals surface area contributed by atoms with Gasteiger partial charge in [-0.3, -0.25) is 0 Å². The summed E-state index contributed by atoms with van der Waals surface area (Å²) in [7, 11) is 0. The topological polar surface area (TPSA) is 3.24 Å². The van der Waals surface area contributed by atoms with Crippen LogP contribution in [0.4, 0.5) is 17.1 Å². The van der Waals surface area contributed by atoms with Crippen molar-refractivity contribution in [2.24, 2.45) is 29.1 Å². The zero-order valence-electron chi connectivity index (χ0n) is 35.5. The van der Waals surface area contributed by atoms with Crippen molar-refractivity contribution in [1.29, 1.82) is 0 Å². The fraction of sp³-hybridized carbons (Fsp3) is 0.368. The van der Waals surface area contributed by atoms with E-state index in [1.807, 2.05) is 11.8 Å². The van der Waals surface area contributed by atoms with Gasteiger partial charge in [0.25, 0.3) is 0 Å². The molecule has 6 atom stereocenters. The van der Waals surface area contributed by atoms with Gasteiger partial charge in [0.1, 0.15) is 0 Å². The maximum absolute atomic E-state index is 2.61. The van der Waals surface area contributed by atoms with E-state index < -0.39 is 0 Å². The molecular weight excluding hydrogens is 731 g/mol. The average Bonchev–Trinajstić information content (AvgIpc) is 3.85. The van der Waals surface area contributed by atoms with Crippen LogP contribution in [0.5, 0.6) is 0 Å². The minimum atomic E-state index is -0.0742. The molecule has 1 heterocycles. The molecule has 6 aliphatic carbocycles. The molecular formula is C57H55NS. The van der Waals surface area contributed by atoms with Crippen LogP contribution in [-0.2, 0) is 21.7 Å². The molecule has 2 heteroatoms. The summed E-state index contributed by atoms with van der Waals surface area (Å²) in [4.78, 5) is 5.57. The van der Waals surface area contributed by atoms with E-state index in [2.05, 4.69) is 174 Å². The Bertz CT molecular complexity index is 2790. The first-order valence-electron chi connectivity index (χ1n) is 22.6. The second-order valence-corrected chi connectivity index (χ2v) is 22.7. The molecule has 59 heavy (non-hydrogen) atoms. The van der Waals surface area contributed by atoms with Gasteiger partial charge in [-0.15, -0.1) is 0 Å². The number of hydrogen-bond acceptors (Lipinski definition) is 2. The molecule has 4 saturated carbocycles. The van der Waals surface area contributed by atoms with Crippen LogP contribution < -0.4 is 4.90 Å². The molecule has 13 rings (SSSR count). The highest BCUT2D eigenvalue weighted by atomic mass is 32.2. The lowest BCUT2D eigenvalue weighted by Gasteiger charge is -2.78. The Labute approximate surface area is 355 Å². The first-order chi connectivity index (χ1) is 28.4. The van der Waals surface area contributed by atoms with Crippen LogP contribution in [0.2, 0.25) is 0 Å². The summed E-state index contributed by atoms with van der Waals surface area (Å²) in [6, 6.07) is 50.2. The highest BCUT2D eigenvalue weighted by molar-refractivity contribution is 7.99. The lowest BCUT2D eigenvalue weighted by atomic mass is 9.26. The second kappa shape index (κ2) is 11.4. The minimum Gasteiger partial charge on any atom is -0.310 e. The van der Waals surface area contributed by atoms with Gasteiger partial charge in [-0.05, 0) is 177 Å². The van der Waals surface area contributed by atoms with Crippen molar-refractivity contribution < 1.29 is 0 Å². The van der Waals surface area contributed by atoms with Crippen molar-refractivity contribution >= 4 is 28.8 Å². The molecule has 6 aromatic carbocycles. The largest absolute Gasteiger partial charge is 0.310 e. The zero-order valence-corrected chi connectivity index (χ0v) is 36.3. The Morgan fingerprint density at radius 1 is 0.492 bits per heavy atom. The van der Waals surface area contributed by atoms with Gasteiger partial charge < -0.3 is 4.90 Å².